The van der Waals surface area contributed by atoms with Crippen LogP contribution in [0.25, 0.3) is 22.5 Å². The molecular weight excluding hydrogens is 302 g/mol. The molecule has 0 fully saturated rings. The van der Waals surface area contributed by atoms with Crippen LogP contribution in [0.4, 0.5) is 0 Å². The Morgan fingerprint density at radius 2 is 1.75 bits per heavy atom. The summed E-state index contributed by atoms with van der Waals surface area (Å²) in [5, 5.41) is 0. The number of carbonyl (C=O) groups is 1. The molecule has 0 aliphatic carbocycles. The van der Waals surface area contributed by atoms with E-state index in [2.05, 4.69) is 4.98 Å². The highest BCUT2D eigenvalue weighted by molar-refractivity contribution is 5.98. The van der Waals surface area contributed by atoms with Gasteiger partial charge in [0, 0.05) is 11.3 Å². The summed E-state index contributed by atoms with van der Waals surface area (Å²) < 4.78 is 10.5. The first kappa shape index (κ1) is 15.9. The van der Waals surface area contributed by atoms with Gasteiger partial charge < -0.3 is 14.5 Å². The van der Waals surface area contributed by atoms with Gasteiger partial charge in [-0.2, -0.15) is 0 Å². The summed E-state index contributed by atoms with van der Waals surface area (Å²) >= 11 is 0. The molecule has 1 N–H and O–H groups in total. The molecule has 0 bridgehead atoms. The predicted octanol–water partition coefficient (Wildman–Crippen LogP) is 4.53. The van der Waals surface area contributed by atoms with Gasteiger partial charge in [-0.05, 0) is 30.7 Å². The van der Waals surface area contributed by atoms with E-state index < -0.39 is 0 Å². The van der Waals surface area contributed by atoms with Crippen molar-refractivity contribution in [3.63, 3.8) is 0 Å². The number of nitrogens with one attached hydrogen (secondary N) is 1. The van der Waals surface area contributed by atoms with Crippen LogP contribution in [0.5, 0.6) is 5.75 Å². The van der Waals surface area contributed by atoms with Crippen LogP contribution < -0.4 is 4.74 Å². The SMILES string of the molecule is CCOC(=O)c1cc(-c2cccc(OC)c2)[nH]c1-c1ccccc1. The van der Waals surface area contributed by atoms with E-state index in [1.54, 1.807) is 14.0 Å². The van der Waals surface area contributed by atoms with Crippen LogP contribution in [-0.2, 0) is 4.74 Å². The zero-order valence-corrected chi connectivity index (χ0v) is 13.7. The summed E-state index contributed by atoms with van der Waals surface area (Å²) in [5.41, 5.74) is 4.01. The van der Waals surface area contributed by atoms with E-state index in [9.17, 15) is 4.79 Å². The minimum absolute atomic E-state index is 0.332. The molecule has 122 valence electrons. The van der Waals surface area contributed by atoms with Gasteiger partial charge >= 0.3 is 5.97 Å². The van der Waals surface area contributed by atoms with E-state index in [4.69, 9.17) is 9.47 Å². The van der Waals surface area contributed by atoms with Crippen LogP contribution in [0.15, 0.2) is 60.7 Å². The fourth-order valence-electron chi connectivity index (χ4n) is 2.60. The van der Waals surface area contributed by atoms with Crippen molar-refractivity contribution in [3.05, 3.63) is 66.2 Å². The quantitative estimate of drug-likeness (QED) is 0.702. The van der Waals surface area contributed by atoms with E-state index >= 15 is 0 Å². The number of carbonyl (C=O) groups excluding carboxylic acids is 1. The van der Waals surface area contributed by atoms with Crippen LogP contribution >= 0.6 is 0 Å². The van der Waals surface area contributed by atoms with Crippen molar-refractivity contribution in [2.75, 3.05) is 13.7 Å². The first-order valence-electron chi connectivity index (χ1n) is 7.83. The second kappa shape index (κ2) is 7.04. The summed E-state index contributed by atoms with van der Waals surface area (Å²) in [4.78, 5) is 15.7. The Kier molecular flexibility index (Phi) is 4.66. The molecule has 4 heteroatoms. The molecule has 0 saturated heterocycles. The molecule has 3 rings (SSSR count). The molecule has 1 heterocycles. The molecule has 4 nitrogen and oxygen atoms in total. The highest BCUT2D eigenvalue weighted by Crippen LogP contribution is 2.31. The third-order valence-corrected chi connectivity index (χ3v) is 3.76. The summed E-state index contributed by atoms with van der Waals surface area (Å²) in [6.45, 7) is 2.14. The lowest BCUT2D eigenvalue weighted by Gasteiger charge is -2.04. The number of rotatable bonds is 5. The molecular formula is C20H19NO3. The number of aromatic nitrogens is 1. The van der Waals surface area contributed by atoms with Crippen molar-refractivity contribution in [2.24, 2.45) is 0 Å². The number of H-pyrrole nitrogens is 1. The van der Waals surface area contributed by atoms with Crippen molar-refractivity contribution in [1.29, 1.82) is 0 Å². The van der Waals surface area contributed by atoms with Crippen molar-refractivity contribution >= 4 is 5.97 Å². The molecule has 2 aromatic carbocycles. The lowest BCUT2D eigenvalue weighted by molar-refractivity contribution is 0.0527. The first-order valence-corrected chi connectivity index (χ1v) is 7.83. The Bertz CT molecular complexity index is 837. The third-order valence-electron chi connectivity index (χ3n) is 3.76. The van der Waals surface area contributed by atoms with Crippen LogP contribution in [0, 0.1) is 0 Å². The van der Waals surface area contributed by atoms with E-state index in [0.717, 1.165) is 28.3 Å². The van der Waals surface area contributed by atoms with E-state index in [1.165, 1.54) is 0 Å². The van der Waals surface area contributed by atoms with Gasteiger partial charge in [0.05, 0.1) is 25.0 Å². The van der Waals surface area contributed by atoms with Crippen LogP contribution in [-0.4, -0.2) is 24.7 Å². The summed E-state index contributed by atoms with van der Waals surface area (Å²) in [7, 11) is 1.63. The number of aromatic amines is 1. The monoisotopic (exact) mass is 321 g/mol. The molecule has 0 radical (unpaired) electrons. The Morgan fingerprint density at radius 1 is 1.00 bits per heavy atom. The smallest absolute Gasteiger partial charge is 0.340 e. The van der Waals surface area contributed by atoms with E-state index in [0.29, 0.717) is 12.2 Å². The largest absolute Gasteiger partial charge is 0.497 e. The average molecular weight is 321 g/mol. The fraction of sp³-hybridized carbons (Fsp3) is 0.150. The van der Waals surface area contributed by atoms with Gasteiger partial charge in [-0.25, -0.2) is 4.79 Å². The van der Waals surface area contributed by atoms with Gasteiger partial charge in [-0.3, -0.25) is 0 Å². The molecule has 0 amide bonds. The second-order valence-corrected chi connectivity index (χ2v) is 5.29. The first-order chi connectivity index (χ1) is 11.7. The lowest BCUT2D eigenvalue weighted by Crippen LogP contribution is -2.04. The number of hydrogen-bond acceptors (Lipinski definition) is 3. The zero-order valence-electron chi connectivity index (χ0n) is 13.7. The molecule has 0 aliphatic rings. The number of methoxy groups -OCH3 is 1. The molecule has 1 aromatic heterocycles. The van der Waals surface area contributed by atoms with Crippen molar-refractivity contribution in [1.82, 2.24) is 4.98 Å². The van der Waals surface area contributed by atoms with Gasteiger partial charge in [0.25, 0.3) is 0 Å². The van der Waals surface area contributed by atoms with Gasteiger partial charge in [0.15, 0.2) is 0 Å². The molecule has 24 heavy (non-hydrogen) atoms. The topological polar surface area (TPSA) is 51.3 Å². The van der Waals surface area contributed by atoms with Crippen LogP contribution in [0.2, 0.25) is 0 Å². The fourth-order valence-corrected chi connectivity index (χ4v) is 2.60. The third kappa shape index (κ3) is 3.18. The number of esters is 1. The van der Waals surface area contributed by atoms with Crippen LogP contribution in [0.1, 0.15) is 17.3 Å². The van der Waals surface area contributed by atoms with Gasteiger partial charge in [0.2, 0.25) is 0 Å². The van der Waals surface area contributed by atoms with Crippen LogP contribution in [0.3, 0.4) is 0 Å². The summed E-state index contributed by atoms with van der Waals surface area (Å²) in [6, 6.07) is 19.3. The molecule has 0 unspecified atom stereocenters. The highest BCUT2D eigenvalue weighted by atomic mass is 16.5. The van der Waals surface area contributed by atoms with Gasteiger partial charge in [-0.15, -0.1) is 0 Å². The zero-order chi connectivity index (χ0) is 16.9. The second-order valence-electron chi connectivity index (χ2n) is 5.29. The standard InChI is InChI=1S/C20H19NO3/c1-3-24-20(22)17-13-18(15-10-7-11-16(12-15)23-2)21-19(17)14-8-5-4-6-9-14/h4-13,21H,3H2,1-2H3. The van der Waals surface area contributed by atoms with Gasteiger partial charge in [-0.1, -0.05) is 42.5 Å². The summed E-state index contributed by atoms with van der Waals surface area (Å²) in [5.74, 6) is 0.433. The lowest BCUT2D eigenvalue weighted by atomic mass is 10.1. The number of ether oxygens (including phenoxy) is 2. The predicted molar refractivity (Wildman–Crippen MR) is 94.2 cm³/mol. The van der Waals surface area contributed by atoms with Crippen molar-refractivity contribution < 1.29 is 14.3 Å². The minimum Gasteiger partial charge on any atom is -0.497 e. The summed E-state index contributed by atoms with van der Waals surface area (Å²) in [6.07, 6.45) is 0. The molecule has 0 aliphatic heterocycles. The number of hydrogen-bond donors (Lipinski definition) is 1. The maximum absolute atomic E-state index is 12.3. The number of benzene rings is 2. The molecule has 3 aromatic rings. The minimum atomic E-state index is -0.332. The van der Waals surface area contributed by atoms with Crippen molar-refractivity contribution in [3.8, 4) is 28.3 Å². The maximum Gasteiger partial charge on any atom is 0.340 e. The Hall–Kier alpha value is -3.01. The van der Waals surface area contributed by atoms with E-state index in [-0.39, 0.29) is 5.97 Å². The highest BCUT2D eigenvalue weighted by Gasteiger charge is 2.18. The Morgan fingerprint density at radius 3 is 2.46 bits per heavy atom. The maximum atomic E-state index is 12.3. The van der Waals surface area contributed by atoms with Crippen molar-refractivity contribution in [2.45, 2.75) is 6.92 Å². The van der Waals surface area contributed by atoms with E-state index in [1.807, 2.05) is 60.7 Å². The van der Waals surface area contributed by atoms with Gasteiger partial charge in [0.1, 0.15) is 5.75 Å². The molecule has 0 saturated carbocycles. The Balaban J connectivity index is 2.10. The Labute approximate surface area is 141 Å². The molecule has 0 atom stereocenters. The molecule has 0 spiro atoms. The normalized spacial score (nSPS) is 10.4. The average Bonchev–Trinajstić information content (AvgIpc) is 3.08.